The molecule has 6 nitrogen and oxygen atoms in total. The lowest BCUT2D eigenvalue weighted by atomic mass is 9.97. The van der Waals surface area contributed by atoms with Gasteiger partial charge < -0.3 is 20.3 Å². The maximum atomic E-state index is 5.20. The van der Waals surface area contributed by atoms with Crippen LogP contribution in [0.5, 0.6) is 0 Å². The molecule has 7 heteroatoms. The molecule has 2 aliphatic rings. The van der Waals surface area contributed by atoms with Crippen molar-refractivity contribution >= 4 is 29.9 Å². The summed E-state index contributed by atoms with van der Waals surface area (Å²) in [6, 6.07) is 0.584. The average Bonchev–Trinajstić information content (AvgIpc) is 2.99. The fourth-order valence-electron chi connectivity index (χ4n) is 4.51. The van der Waals surface area contributed by atoms with E-state index in [9.17, 15) is 0 Å². The molecule has 2 aliphatic heterocycles. The highest BCUT2D eigenvalue weighted by Crippen LogP contribution is 2.18. The molecule has 1 atom stereocenters. The zero-order valence-corrected chi connectivity index (χ0v) is 21.6. The molecule has 2 N–H and O–H groups in total. The summed E-state index contributed by atoms with van der Waals surface area (Å²) in [7, 11) is 3.67. The van der Waals surface area contributed by atoms with Crippen LogP contribution in [-0.4, -0.2) is 88.4 Å². The molecular formula is C22H46IN5O. The minimum atomic E-state index is 0. The first-order valence-corrected chi connectivity index (χ1v) is 11.5. The maximum Gasteiger partial charge on any atom is 0.191 e. The van der Waals surface area contributed by atoms with Gasteiger partial charge in [-0.15, -0.1) is 24.0 Å². The lowest BCUT2D eigenvalue weighted by Crippen LogP contribution is -2.50. The van der Waals surface area contributed by atoms with Gasteiger partial charge in [0.05, 0.1) is 6.61 Å². The minimum absolute atomic E-state index is 0. The number of guanidine groups is 1. The van der Waals surface area contributed by atoms with Crippen LogP contribution in [0.15, 0.2) is 4.99 Å². The summed E-state index contributed by atoms with van der Waals surface area (Å²) in [4.78, 5) is 9.69. The van der Waals surface area contributed by atoms with E-state index in [0.717, 1.165) is 38.1 Å². The van der Waals surface area contributed by atoms with E-state index in [2.05, 4.69) is 39.3 Å². The summed E-state index contributed by atoms with van der Waals surface area (Å²) >= 11 is 0. The smallest absolute Gasteiger partial charge is 0.191 e. The first kappa shape index (κ1) is 26.9. The van der Waals surface area contributed by atoms with E-state index in [4.69, 9.17) is 4.74 Å². The van der Waals surface area contributed by atoms with Gasteiger partial charge in [0.15, 0.2) is 5.96 Å². The number of halogens is 1. The van der Waals surface area contributed by atoms with Crippen LogP contribution >= 0.6 is 24.0 Å². The van der Waals surface area contributed by atoms with E-state index >= 15 is 0 Å². The van der Waals surface area contributed by atoms with E-state index in [0.29, 0.717) is 12.0 Å². The number of hydrogen-bond acceptors (Lipinski definition) is 4. The summed E-state index contributed by atoms with van der Waals surface area (Å²) in [5, 5.41) is 7.20. The highest BCUT2D eigenvalue weighted by atomic mass is 127. The molecule has 0 radical (unpaired) electrons. The van der Waals surface area contributed by atoms with E-state index < -0.39 is 0 Å². The topological polar surface area (TPSA) is 52.1 Å². The second-order valence-corrected chi connectivity index (χ2v) is 8.87. The van der Waals surface area contributed by atoms with Crippen molar-refractivity contribution < 1.29 is 4.74 Å². The number of piperidine rings is 1. The van der Waals surface area contributed by atoms with Gasteiger partial charge in [0.2, 0.25) is 0 Å². The molecule has 0 aromatic rings. The SMILES string of the molecule is CN=C(NCC1CCN(CCOC)CC1)NCC(C(C)C)N1CCCCCC1.I. The summed E-state index contributed by atoms with van der Waals surface area (Å²) in [5.74, 6) is 2.35. The van der Waals surface area contributed by atoms with Crippen LogP contribution in [0, 0.1) is 11.8 Å². The van der Waals surface area contributed by atoms with Gasteiger partial charge >= 0.3 is 0 Å². The third kappa shape index (κ3) is 10.2. The Morgan fingerprint density at radius 3 is 2.24 bits per heavy atom. The Kier molecular flexibility index (Phi) is 14.5. The molecule has 2 fully saturated rings. The Hall–Kier alpha value is -0.120. The Balaban J connectivity index is 0.00000420. The standard InChI is InChI=1S/C22H45N5O.HI/c1-19(2)21(27-11-7-5-6-8-12-27)18-25-22(23-3)24-17-20-9-13-26(14-10-20)15-16-28-4;/h19-21H,5-18H2,1-4H3,(H2,23,24,25);1H. The van der Waals surface area contributed by atoms with Gasteiger partial charge in [-0.3, -0.25) is 9.89 Å². The van der Waals surface area contributed by atoms with Crippen LogP contribution in [0.4, 0.5) is 0 Å². The van der Waals surface area contributed by atoms with Gasteiger partial charge in [0.1, 0.15) is 0 Å². The molecule has 0 aromatic heterocycles. The molecule has 0 spiro atoms. The summed E-state index contributed by atoms with van der Waals surface area (Å²) in [6.45, 7) is 13.5. The number of likely N-dealkylation sites (tertiary alicyclic amines) is 2. The second kappa shape index (κ2) is 15.6. The summed E-state index contributed by atoms with van der Waals surface area (Å²) in [6.07, 6.45) is 8.00. The van der Waals surface area contributed by atoms with Crippen molar-refractivity contribution in [3.8, 4) is 0 Å². The van der Waals surface area contributed by atoms with Crippen LogP contribution in [0.1, 0.15) is 52.4 Å². The zero-order valence-electron chi connectivity index (χ0n) is 19.3. The quantitative estimate of drug-likeness (QED) is 0.277. The van der Waals surface area contributed by atoms with Crippen molar-refractivity contribution in [3.63, 3.8) is 0 Å². The van der Waals surface area contributed by atoms with Gasteiger partial charge in [0.25, 0.3) is 0 Å². The van der Waals surface area contributed by atoms with Crippen molar-refractivity contribution in [2.75, 3.05) is 66.6 Å². The van der Waals surface area contributed by atoms with Gasteiger partial charge in [0, 0.05) is 39.8 Å². The molecule has 0 aromatic carbocycles. The normalized spacial score (nSPS) is 21.5. The third-order valence-electron chi connectivity index (χ3n) is 6.46. The highest BCUT2D eigenvalue weighted by Gasteiger charge is 2.23. The van der Waals surface area contributed by atoms with Crippen LogP contribution in [-0.2, 0) is 4.74 Å². The number of methoxy groups -OCH3 is 1. The Morgan fingerprint density at radius 1 is 1.03 bits per heavy atom. The molecule has 172 valence electrons. The molecule has 0 bridgehead atoms. The molecule has 2 rings (SSSR count). The molecule has 29 heavy (non-hydrogen) atoms. The molecule has 0 saturated carbocycles. The number of nitrogens with zero attached hydrogens (tertiary/aromatic N) is 3. The Bertz CT molecular complexity index is 433. The molecular weight excluding hydrogens is 477 g/mol. The van der Waals surface area contributed by atoms with Crippen molar-refractivity contribution in [1.82, 2.24) is 20.4 Å². The van der Waals surface area contributed by atoms with E-state index in [1.807, 2.05) is 7.05 Å². The average molecular weight is 524 g/mol. The van der Waals surface area contributed by atoms with Gasteiger partial charge in [-0.2, -0.15) is 0 Å². The highest BCUT2D eigenvalue weighted by molar-refractivity contribution is 14.0. The monoisotopic (exact) mass is 523 g/mol. The maximum absolute atomic E-state index is 5.20. The predicted octanol–water partition coefficient (Wildman–Crippen LogP) is 3.03. The van der Waals surface area contributed by atoms with Crippen LogP contribution in [0.25, 0.3) is 0 Å². The van der Waals surface area contributed by atoms with E-state index in [1.54, 1.807) is 7.11 Å². The first-order chi connectivity index (χ1) is 13.6. The number of aliphatic imine (C=N–C) groups is 1. The van der Waals surface area contributed by atoms with Crippen LogP contribution in [0.3, 0.4) is 0 Å². The van der Waals surface area contributed by atoms with Crippen molar-refractivity contribution in [2.45, 2.75) is 58.4 Å². The number of rotatable bonds is 9. The van der Waals surface area contributed by atoms with Gasteiger partial charge in [-0.05, 0) is 63.7 Å². The molecule has 2 heterocycles. The molecule has 0 amide bonds. The van der Waals surface area contributed by atoms with Gasteiger partial charge in [-0.25, -0.2) is 0 Å². The first-order valence-electron chi connectivity index (χ1n) is 11.5. The fraction of sp³-hybridized carbons (Fsp3) is 0.955. The van der Waals surface area contributed by atoms with Crippen molar-refractivity contribution in [3.05, 3.63) is 0 Å². The summed E-state index contributed by atoms with van der Waals surface area (Å²) in [5.41, 5.74) is 0. The number of nitrogens with one attached hydrogen (secondary N) is 2. The summed E-state index contributed by atoms with van der Waals surface area (Å²) < 4.78 is 5.20. The lowest BCUT2D eigenvalue weighted by molar-refractivity contribution is 0.120. The molecule has 1 unspecified atom stereocenters. The zero-order chi connectivity index (χ0) is 20.2. The third-order valence-corrected chi connectivity index (χ3v) is 6.46. The largest absolute Gasteiger partial charge is 0.383 e. The van der Waals surface area contributed by atoms with Crippen molar-refractivity contribution in [1.29, 1.82) is 0 Å². The molecule has 2 saturated heterocycles. The number of hydrogen-bond donors (Lipinski definition) is 2. The molecule has 0 aliphatic carbocycles. The van der Waals surface area contributed by atoms with Gasteiger partial charge in [-0.1, -0.05) is 26.7 Å². The van der Waals surface area contributed by atoms with Crippen molar-refractivity contribution in [2.24, 2.45) is 16.8 Å². The lowest BCUT2D eigenvalue weighted by Gasteiger charge is -2.34. The van der Waals surface area contributed by atoms with E-state index in [1.165, 1.54) is 64.7 Å². The second-order valence-electron chi connectivity index (χ2n) is 8.87. The van der Waals surface area contributed by atoms with Crippen LogP contribution < -0.4 is 10.6 Å². The van der Waals surface area contributed by atoms with Crippen LogP contribution in [0.2, 0.25) is 0 Å². The Morgan fingerprint density at radius 2 is 1.69 bits per heavy atom. The Labute approximate surface area is 196 Å². The van der Waals surface area contributed by atoms with E-state index in [-0.39, 0.29) is 24.0 Å². The fourth-order valence-corrected chi connectivity index (χ4v) is 4.51. The minimum Gasteiger partial charge on any atom is -0.383 e. The number of ether oxygens (including phenoxy) is 1. The predicted molar refractivity (Wildman–Crippen MR) is 134 cm³/mol.